The van der Waals surface area contributed by atoms with E-state index in [9.17, 15) is 49.0 Å². The van der Waals surface area contributed by atoms with Gasteiger partial charge in [-0.05, 0) is 30.5 Å². The number of oxime groups is 1. The van der Waals surface area contributed by atoms with Crippen LogP contribution in [0.5, 0.6) is 0 Å². The standard InChI is InChI=1S/C29H28N10O11S2/c1-29(2,27(47)48)50-36-16(14-10-52-28(31)34-14)22(42)35-17-24(44)39-18(26(45)46)12(9-51-25(17)39)4-3-6-37-8-13(21(30)32-11-37)33-23(43)19-20(41)15(40)5-7-38(19)49/h3-5,7-8,10-11,17,19,25,30,49H,6,9H2,1-2H3,(H6,31,33,34,35,42,43,45,46,47,48)/p+1/b4-3+,36-16-/t17-,19?,25-/m1/s1. The molecule has 2 aromatic heterocycles. The molecule has 5 heterocycles. The van der Waals surface area contributed by atoms with Crippen molar-refractivity contribution in [1.29, 1.82) is 0 Å². The third kappa shape index (κ3) is 7.45. The molecular formula is C29H29N10O11S2+. The number of anilines is 3. The minimum absolute atomic E-state index is 0.0339. The number of carboxylic acids is 2. The summed E-state index contributed by atoms with van der Waals surface area (Å²) in [5.41, 5.74) is 9.15. The van der Waals surface area contributed by atoms with Gasteiger partial charge in [-0.2, -0.15) is 0 Å². The predicted molar refractivity (Wildman–Crippen MR) is 179 cm³/mol. The monoisotopic (exact) mass is 757 g/mol. The van der Waals surface area contributed by atoms with E-state index in [0.717, 1.165) is 28.5 Å². The molecule has 52 heavy (non-hydrogen) atoms. The molecule has 0 radical (unpaired) electrons. The van der Waals surface area contributed by atoms with Gasteiger partial charge < -0.3 is 37.2 Å². The van der Waals surface area contributed by atoms with Crippen molar-refractivity contribution in [2.75, 3.05) is 22.5 Å². The second-order valence-electron chi connectivity index (χ2n) is 11.5. The Morgan fingerprint density at radius 1 is 1.21 bits per heavy atom. The summed E-state index contributed by atoms with van der Waals surface area (Å²) in [7, 11) is 0. The molecule has 272 valence electrons. The number of β-lactam (4-membered cyclic amide) rings is 1. The van der Waals surface area contributed by atoms with Gasteiger partial charge >= 0.3 is 11.9 Å². The molecule has 1 saturated heterocycles. The maximum absolute atomic E-state index is 13.3. The summed E-state index contributed by atoms with van der Waals surface area (Å²) in [6.45, 7) is 2.48. The minimum Gasteiger partial charge on any atom is -0.478 e. The summed E-state index contributed by atoms with van der Waals surface area (Å²) < 4.78 is 1.45. The van der Waals surface area contributed by atoms with Gasteiger partial charge in [0.15, 0.2) is 16.5 Å². The number of nitrogens with one attached hydrogen (secondary N) is 2. The highest BCUT2D eigenvalue weighted by Gasteiger charge is 2.54. The highest BCUT2D eigenvalue weighted by Crippen LogP contribution is 2.40. The van der Waals surface area contributed by atoms with Crippen molar-refractivity contribution in [2.45, 2.75) is 43.5 Å². The largest absolute Gasteiger partial charge is 0.478 e. The molecule has 3 aliphatic heterocycles. The van der Waals surface area contributed by atoms with Crippen LogP contribution in [0.3, 0.4) is 0 Å². The van der Waals surface area contributed by atoms with Crippen molar-refractivity contribution < 1.29 is 58.4 Å². The van der Waals surface area contributed by atoms with Crippen molar-refractivity contribution >= 4 is 86.7 Å². The molecule has 5 rings (SSSR count). The Balaban J connectivity index is 1.28. The SMILES string of the molecule is CC(C)(O/N=C(\C(=O)N[C@@H]1C(=O)N2C(C(=O)O)=C(/C=C/C[n+]3cnc(N)c(NC(=O)C4C(=O)C(=O)C=CN4O)c3)CS[C@H]12)c1csc(N)n1)C(=O)O. The van der Waals surface area contributed by atoms with Gasteiger partial charge in [-0.1, -0.05) is 11.2 Å². The molecule has 3 amide bonds. The number of carbonyl (C=O) groups excluding carboxylic acids is 5. The number of hydrogen-bond acceptors (Lipinski definition) is 17. The van der Waals surface area contributed by atoms with E-state index in [0.29, 0.717) is 0 Å². The first kappa shape index (κ1) is 37.1. The van der Waals surface area contributed by atoms with E-state index >= 15 is 0 Å². The molecule has 3 atom stereocenters. The maximum atomic E-state index is 13.3. The smallest absolute Gasteiger partial charge is 0.352 e. The van der Waals surface area contributed by atoms with E-state index in [1.54, 1.807) is 6.08 Å². The Bertz CT molecular complexity index is 2020. The van der Waals surface area contributed by atoms with Gasteiger partial charge in [0.1, 0.15) is 35.5 Å². The summed E-state index contributed by atoms with van der Waals surface area (Å²) in [6, 6.07) is -3.01. The summed E-state index contributed by atoms with van der Waals surface area (Å²) in [6.07, 6.45) is 7.38. The third-order valence-corrected chi connectivity index (χ3v) is 9.51. The van der Waals surface area contributed by atoms with Crippen LogP contribution in [0, 0.1) is 0 Å². The van der Waals surface area contributed by atoms with Crippen molar-refractivity contribution in [3.8, 4) is 0 Å². The van der Waals surface area contributed by atoms with Gasteiger partial charge in [-0.15, -0.1) is 23.1 Å². The second kappa shape index (κ2) is 14.6. The molecule has 9 N–H and O–H groups in total. The third-order valence-electron chi connectivity index (χ3n) is 7.54. The van der Waals surface area contributed by atoms with Crippen molar-refractivity contribution in [2.24, 2.45) is 5.16 Å². The number of hydroxylamine groups is 2. The number of allylic oxidation sites excluding steroid dienone is 3. The average Bonchev–Trinajstić information content (AvgIpc) is 3.51. The zero-order valence-electron chi connectivity index (χ0n) is 26.9. The number of rotatable bonds is 12. The predicted octanol–water partition coefficient (Wildman–Crippen LogP) is -1.77. The number of amides is 3. The molecule has 23 heteroatoms. The van der Waals surface area contributed by atoms with E-state index in [4.69, 9.17) is 16.3 Å². The van der Waals surface area contributed by atoms with Crippen LogP contribution in [0.15, 0.2) is 58.8 Å². The van der Waals surface area contributed by atoms with Gasteiger partial charge in [-0.3, -0.25) is 34.1 Å². The number of ketones is 2. The zero-order chi connectivity index (χ0) is 38.1. The fourth-order valence-corrected chi connectivity index (χ4v) is 6.64. The van der Waals surface area contributed by atoms with E-state index in [2.05, 4.69) is 25.8 Å². The number of aliphatic carboxylic acids is 2. The Kier molecular flexibility index (Phi) is 10.4. The molecule has 0 spiro atoms. The molecular weight excluding hydrogens is 729 g/mol. The van der Waals surface area contributed by atoms with E-state index in [1.807, 2.05) is 0 Å². The number of thioether (sulfide) groups is 1. The lowest BCUT2D eigenvalue weighted by atomic mass is 10.0. The van der Waals surface area contributed by atoms with E-state index < -0.39 is 70.0 Å². The molecule has 21 nitrogen and oxygen atoms in total. The molecule has 1 unspecified atom stereocenters. The average molecular weight is 758 g/mol. The van der Waals surface area contributed by atoms with Gasteiger partial charge in [0, 0.05) is 23.4 Å². The lowest BCUT2D eigenvalue weighted by Crippen LogP contribution is -2.71. The Labute approximate surface area is 300 Å². The van der Waals surface area contributed by atoms with E-state index in [-0.39, 0.29) is 51.0 Å². The summed E-state index contributed by atoms with van der Waals surface area (Å²) in [5, 5.41) is 38.8. The Morgan fingerprint density at radius 2 is 1.94 bits per heavy atom. The van der Waals surface area contributed by atoms with Gasteiger partial charge in [0.2, 0.25) is 23.2 Å². The quantitative estimate of drug-likeness (QED) is 0.0315. The number of aromatic nitrogens is 3. The van der Waals surface area contributed by atoms with Gasteiger partial charge in [-0.25, -0.2) is 24.2 Å². The Hall–Kier alpha value is -6.20. The topological polar surface area (TPSA) is 314 Å². The van der Waals surface area contributed by atoms with Crippen LogP contribution in [0.1, 0.15) is 19.5 Å². The van der Waals surface area contributed by atoms with Crippen LogP contribution in [0.25, 0.3) is 0 Å². The zero-order valence-corrected chi connectivity index (χ0v) is 28.6. The lowest BCUT2D eigenvalue weighted by molar-refractivity contribution is -0.689. The first-order valence-electron chi connectivity index (χ1n) is 14.8. The lowest BCUT2D eigenvalue weighted by Gasteiger charge is -2.49. The van der Waals surface area contributed by atoms with Crippen LogP contribution in [-0.4, -0.2) is 111 Å². The Morgan fingerprint density at radius 3 is 2.60 bits per heavy atom. The van der Waals surface area contributed by atoms with Crippen LogP contribution in [0.2, 0.25) is 0 Å². The fourth-order valence-electron chi connectivity index (χ4n) is 4.77. The summed E-state index contributed by atoms with van der Waals surface area (Å²) >= 11 is 2.15. The molecule has 0 aromatic carbocycles. The van der Waals surface area contributed by atoms with Gasteiger partial charge in [0.25, 0.3) is 29.9 Å². The van der Waals surface area contributed by atoms with Gasteiger partial charge in [0.05, 0.1) is 0 Å². The number of hydrogen-bond donors (Lipinski definition) is 7. The van der Waals surface area contributed by atoms with Crippen LogP contribution >= 0.6 is 23.1 Å². The molecule has 0 bridgehead atoms. The number of Topliss-reactive ketones (excluding diaryl/α,β-unsaturated/α-hetero) is 1. The number of carboxylic acid groups (broad SMARTS) is 2. The molecule has 0 aliphatic carbocycles. The maximum Gasteiger partial charge on any atom is 0.352 e. The number of carbonyl (C=O) groups is 7. The van der Waals surface area contributed by atoms with E-state index in [1.165, 1.54) is 54.2 Å². The number of fused-ring (bicyclic) bond motifs is 1. The fraction of sp³-hybridized carbons (Fsp3) is 0.276. The van der Waals surface area contributed by atoms with Crippen LogP contribution in [-0.2, 0) is 44.9 Å². The van der Waals surface area contributed by atoms with Crippen molar-refractivity contribution in [3.63, 3.8) is 0 Å². The molecule has 3 aliphatic rings. The first-order valence-corrected chi connectivity index (χ1v) is 16.7. The minimum atomic E-state index is -1.84. The highest BCUT2D eigenvalue weighted by atomic mass is 32.2. The van der Waals surface area contributed by atoms with Crippen molar-refractivity contribution in [1.82, 2.24) is 25.2 Å². The van der Waals surface area contributed by atoms with Crippen LogP contribution in [0.4, 0.5) is 16.6 Å². The number of nitrogen functional groups attached to an aromatic ring is 2. The molecule has 0 saturated carbocycles. The normalized spacial score (nSPS) is 20.5. The summed E-state index contributed by atoms with van der Waals surface area (Å²) in [4.78, 5) is 101. The first-order chi connectivity index (χ1) is 24.5. The van der Waals surface area contributed by atoms with Crippen LogP contribution < -0.4 is 26.7 Å². The van der Waals surface area contributed by atoms with Crippen molar-refractivity contribution in [3.05, 3.63) is 59.3 Å². The molecule has 1 fully saturated rings. The number of nitrogens with zero attached hydrogens (tertiary/aromatic N) is 6. The molecule has 2 aromatic rings. The highest BCUT2D eigenvalue weighted by molar-refractivity contribution is 8.00. The summed E-state index contributed by atoms with van der Waals surface area (Å²) in [5.74, 6) is -7.63. The number of thiazole rings is 1. The second-order valence-corrected chi connectivity index (χ2v) is 13.5. The number of nitrogens with two attached hydrogens (primary N) is 2.